The van der Waals surface area contributed by atoms with Crippen LogP contribution in [0.25, 0.3) is 0 Å². The van der Waals surface area contributed by atoms with Gasteiger partial charge in [0.05, 0.1) is 0 Å². The van der Waals surface area contributed by atoms with Crippen LogP contribution in [0.1, 0.15) is 23.7 Å². The molecule has 3 rings (SSSR count). The second-order valence-electron chi connectivity index (χ2n) is 5.27. The Morgan fingerprint density at radius 1 is 1.15 bits per heavy atom. The Kier molecular flexibility index (Phi) is 3.54. The van der Waals surface area contributed by atoms with Crippen LogP contribution in [0, 0.1) is 6.92 Å². The molecule has 2 aromatic rings. The third-order valence-corrected chi connectivity index (χ3v) is 3.59. The zero-order chi connectivity index (χ0) is 13.9. The van der Waals surface area contributed by atoms with E-state index in [1.54, 1.807) is 0 Å². The summed E-state index contributed by atoms with van der Waals surface area (Å²) in [5, 5.41) is 6.70. The molecule has 1 aliphatic rings. The van der Waals surface area contributed by atoms with Crippen LogP contribution in [-0.2, 0) is 12.8 Å². The van der Waals surface area contributed by atoms with Gasteiger partial charge in [-0.25, -0.2) is 4.98 Å². The number of nitrogens with zero attached hydrogens (tertiary/aromatic N) is 2. The second kappa shape index (κ2) is 5.49. The lowest BCUT2D eigenvalue weighted by Crippen LogP contribution is -2.21. The average molecular weight is 268 g/mol. The number of rotatable bonds is 4. The standard InChI is InChI=1S/C16H20N4/c1-3-17-16-18-11(2)8-15(20-16)19-14-9-12-6-4-5-7-13(12)10-14/h4-8,14H,3,9-10H2,1-2H3,(H2,17,18,19,20). The molecule has 0 radical (unpaired) electrons. The largest absolute Gasteiger partial charge is 0.366 e. The van der Waals surface area contributed by atoms with E-state index in [0.717, 1.165) is 30.9 Å². The fourth-order valence-corrected chi connectivity index (χ4v) is 2.75. The van der Waals surface area contributed by atoms with Gasteiger partial charge in [-0.1, -0.05) is 24.3 Å². The highest BCUT2D eigenvalue weighted by molar-refractivity contribution is 5.45. The van der Waals surface area contributed by atoms with Crippen molar-refractivity contribution in [3.05, 3.63) is 47.2 Å². The topological polar surface area (TPSA) is 49.8 Å². The van der Waals surface area contributed by atoms with E-state index in [0.29, 0.717) is 12.0 Å². The van der Waals surface area contributed by atoms with Crippen molar-refractivity contribution < 1.29 is 0 Å². The zero-order valence-corrected chi connectivity index (χ0v) is 12.0. The first-order valence-corrected chi connectivity index (χ1v) is 7.17. The molecule has 0 unspecified atom stereocenters. The van der Waals surface area contributed by atoms with Crippen molar-refractivity contribution in [3.63, 3.8) is 0 Å². The molecule has 4 nitrogen and oxygen atoms in total. The summed E-state index contributed by atoms with van der Waals surface area (Å²) in [7, 11) is 0. The monoisotopic (exact) mass is 268 g/mol. The molecular formula is C16H20N4. The Hall–Kier alpha value is -2.10. The number of aryl methyl sites for hydroxylation is 1. The fourth-order valence-electron chi connectivity index (χ4n) is 2.75. The molecular weight excluding hydrogens is 248 g/mol. The summed E-state index contributed by atoms with van der Waals surface area (Å²) in [6.07, 6.45) is 2.13. The molecule has 1 heterocycles. The van der Waals surface area contributed by atoms with Gasteiger partial charge in [0.1, 0.15) is 5.82 Å². The molecule has 0 aliphatic heterocycles. The first-order chi connectivity index (χ1) is 9.74. The average Bonchev–Trinajstić information content (AvgIpc) is 2.80. The van der Waals surface area contributed by atoms with Crippen molar-refractivity contribution in [1.29, 1.82) is 0 Å². The van der Waals surface area contributed by atoms with Crippen molar-refractivity contribution in [2.75, 3.05) is 17.2 Å². The molecule has 1 aliphatic carbocycles. The van der Waals surface area contributed by atoms with Gasteiger partial charge in [-0.05, 0) is 37.8 Å². The highest BCUT2D eigenvalue weighted by Crippen LogP contribution is 2.24. The molecule has 1 aromatic heterocycles. The van der Waals surface area contributed by atoms with E-state index in [1.165, 1.54) is 11.1 Å². The third kappa shape index (κ3) is 2.74. The number of fused-ring (bicyclic) bond motifs is 1. The van der Waals surface area contributed by atoms with E-state index in [-0.39, 0.29) is 0 Å². The highest BCUT2D eigenvalue weighted by atomic mass is 15.1. The Labute approximate surface area is 119 Å². The normalized spacial score (nSPS) is 14.1. The molecule has 4 heteroatoms. The summed E-state index contributed by atoms with van der Waals surface area (Å²) >= 11 is 0. The number of aromatic nitrogens is 2. The van der Waals surface area contributed by atoms with E-state index in [9.17, 15) is 0 Å². The Balaban J connectivity index is 1.73. The van der Waals surface area contributed by atoms with Gasteiger partial charge in [0.15, 0.2) is 0 Å². The molecule has 0 fully saturated rings. The summed E-state index contributed by atoms with van der Waals surface area (Å²) in [6.45, 7) is 4.88. The maximum absolute atomic E-state index is 4.52. The maximum Gasteiger partial charge on any atom is 0.224 e. The van der Waals surface area contributed by atoms with Crippen LogP contribution in [-0.4, -0.2) is 22.6 Å². The minimum absolute atomic E-state index is 0.427. The van der Waals surface area contributed by atoms with Gasteiger partial charge in [0.2, 0.25) is 5.95 Å². The lowest BCUT2D eigenvalue weighted by molar-refractivity contribution is 0.767. The van der Waals surface area contributed by atoms with Gasteiger partial charge in [-0.15, -0.1) is 0 Å². The SMILES string of the molecule is CCNc1nc(C)cc(NC2Cc3ccccc3C2)n1. The van der Waals surface area contributed by atoms with Gasteiger partial charge in [0.25, 0.3) is 0 Å². The number of anilines is 2. The van der Waals surface area contributed by atoms with Crippen LogP contribution < -0.4 is 10.6 Å². The van der Waals surface area contributed by atoms with Crippen LogP contribution in [0.3, 0.4) is 0 Å². The Bertz CT molecular complexity index is 584. The molecule has 0 amide bonds. The van der Waals surface area contributed by atoms with Gasteiger partial charge in [-0.3, -0.25) is 0 Å². The fraction of sp³-hybridized carbons (Fsp3) is 0.375. The molecule has 2 N–H and O–H groups in total. The molecule has 104 valence electrons. The third-order valence-electron chi connectivity index (χ3n) is 3.59. The van der Waals surface area contributed by atoms with E-state index >= 15 is 0 Å². The Morgan fingerprint density at radius 2 is 1.85 bits per heavy atom. The summed E-state index contributed by atoms with van der Waals surface area (Å²) in [5.74, 6) is 1.61. The zero-order valence-electron chi connectivity index (χ0n) is 12.0. The van der Waals surface area contributed by atoms with Gasteiger partial charge in [0, 0.05) is 24.3 Å². The van der Waals surface area contributed by atoms with Crippen molar-refractivity contribution >= 4 is 11.8 Å². The van der Waals surface area contributed by atoms with Crippen LogP contribution in [0.2, 0.25) is 0 Å². The van der Waals surface area contributed by atoms with Crippen molar-refractivity contribution in [1.82, 2.24) is 9.97 Å². The predicted molar refractivity (Wildman–Crippen MR) is 82.2 cm³/mol. The van der Waals surface area contributed by atoms with Crippen molar-refractivity contribution in [3.8, 4) is 0 Å². The lowest BCUT2D eigenvalue weighted by atomic mass is 10.1. The Morgan fingerprint density at radius 3 is 2.50 bits per heavy atom. The van der Waals surface area contributed by atoms with Crippen LogP contribution in [0.4, 0.5) is 11.8 Å². The number of benzene rings is 1. The van der Waals surface area contributed by atoms with Crippen molar-refractivity contribution in [2.24, 2.45) is 0 Å². The summed E-state index contributed by atoms with van der Waals surface area (Å²) in [5.41, 5.74) is 3.87. The molecule has 0 atom stereocenters. The first kappa shape index (κ1) is 12.9. The van der Waals surface area contributed by atoms with E-state index in [2.05, 4.69) is 44.9 Å². The summed E-state index contributed by atoms with van der Waals surface area (Å²) in [6, 6.07) is 11.1. The summed E-state index contributed by atoms with van der Waals surface area (Å²) < 4.78 is 0. The minimum Gasteiger partial charge on any atom is -0.366 e. The van der Waals surface area contributed by atoms with Crippen LogP contribution in [0.15, 0.2) is 30.3 Å². The van der Waals surface area contributed by atoms with E-state index in [1.807, 2.05) is 19.9 Å². The quantitative estimate of drug-likeness (QED) is 0.895. The summed E-state index contributed by atoms with van der Waals surface area (Å²) in [4.78, 5) is 8.89. The number of hydrogen-bond donors (Lipinski definition) is 2. The minimum atomic E-state index is 0.427. The molecule has 0 spiro atoms. The molecule has 0 bridgehead atoms. The second-order valence-corrected chi connectivity index (χ2v) is 5.27. The molecule has 0 saturated heterocycles. The highest BCUT2D eigenvalue weighted by Gasteiger charge is 2.21. The lowest BCUT2D eigenvalue weighted by Gasteiger charge is -2.14. The smallest absolute Gasteiger partial charge is 0.224 e. The number of nitrogens with one attached hydrogen (secondary N) is 2. The van der Waals surface area contributed by atoms with Crippen LogP contribution in [0.5, 0.6) is 0 Å². The molecule has 0 saturated carbocycles. The first-order valence-electron chi connectivity index (χ1n) is 7.17. The van der Waals surface area contributed by atoms with E-state index < -0.39 is 0 Å². The molecule has 20 heavy (non-hydrogen) atoms. The van der Waals surface area contributed by atoms with Gasteiger partial charge in [-0.2, -0.15) is 4.98 Å². The maximum atomic E-state index is 4.52. The molecule has 1 aromatic carbocycles. The number of hydrogen-bond acceptors (Lipinski definition) is 4. The van der Waals surface area contributed by atoms with Gasteiger partial charge < -0.3 is 10.6 Å². The van der Waals surface area contributed by atoms with Crippen LogP contribution >= 0.6 is 0 Å². The van der Waals surface area contributed by atoms with Crippen molar-refractivity contribution in [2.45, 2.75) is 32.7 Å². The predicted octanol–water partition coefficient (Wildman–Crippen LogP) is 2.80. The van der Waals surface area contributed by atoms with E-state index in [4.69, 9.17) is 0 Å². The van der Waals surface area contributed by atoms with Gasteiger partial charge >= 0.3 is 0 Å².